The number of ether oxygens (including phenoxy) is 2. The lowest BCUT2D eigenvalue weighted by atomic mass is 10.1. The molecule has 0 aliphatic rings. The second-order valence-corrected chi connectivity index (χ2v) is 9.33. The minimum atomic E-state index is -4.50. The Balaban J connectivity index is 1.46. The molecule has 200 valence electrons. The van der Waals surface area contributed by atoms with E-state index < -0.39 is 22.9 Å². The van der Waals surface area contributed by atoms with E-state index in [0.29, 0.717) is 38.8 Å². The Morgan fingerprint density at radius 2 is 1.69 bits per heavy atom. The maximum atomic E-state index is 13.7. The Kier molecular flexibility index (Phi) is 8.36. The summed E-state index contributed by atoms with van der Waals surface area (Å²) in [7, 11) is 1.42. The summed E-state index contributed by atoms with van der Waals surface area (Å²) in [5.41, 5.74) is 1.28. The number of amides is 1. The molecule has 1 amide bonds. The number of aromatic carboxylic acids is 1. The van der Waals surface area contributed by atoms with Gasteiger partial charge in [0.15, 0.2) is 11.5 Å². The summed E-state index contributed by atoms with van der Waals surface area (Å²) in [4.78, 5) is 23.3. The summed E-state index contributed by atoms with van der Waals surface area (Å²) in [6, 6.07) is 20.7. The van der Waals surface area contributed by atoms with E-state index in [1.165, 1.54) is 37.5 Å². The third kappa shape index (κ3) is 6.85. The van der Waals surface area contributed by atoms with Crippen molar-refractivity contribution >= 4 is 35.0 Å². The van der Waals surface area contributed by atoms with Crippen LogP contribution in [0.15, 0.2) is 84.9 Å². The number of anilines is 1. The molecule has 0 unspecified atom stereocenters. The first kappa shape index (κ1) is 27.5. The number of hydrogen-bond acceptors (Lipinski definition) is 5. The molecule has 6 nitrogen and oxygen atoms in total. The van der Waals surface area contributed by atoms with Crippen molar-refractivity contribution in [3.05, 3.63) is 106 Å². The highest BCUT2D eigenvalue weighted by atomic mass is 32.1. The van der Waals surface area contributed by atoms with Crippen LogP contribution in [0, 0.1) is 0 Å². The van der Waals surface area contributed by atoms with Gasteiger partial charge < -0.3 is 19.9 Å². The number of para-hydroxylation sites is 1. The molecule has 4 aromatic rings. The fourth-order valence-electron chi connectivity index (χ4n) is 3.74. The van der Waals surface area contributed by atoms with Crippen LogP contribution >= 0.6 is 11.3 Å². The van der Waals surface area contributed by atoms with Crippen molar-refractivity contribution < 1.29 is 37.3 Å². The smallest absolute Gasteiger partial charge is 0.426 e. The molecule has 0 saturated carbocycles. The Bertz CT molecular complexity index is 1510. The molecule has 0 fully saturated rings. The second-order valence-electron chi connectivity index (χ2n) is 8.19. The standard InChI is InChI=1S/C29H22F3NO5S/c1-37-25-15-18(12-14-26(34)33-23-10-6-5-9-21(23)28(35)36)11-13-24(25)38-17-20-16-22(19-7-3-2-4-8-19)27(39-20)29(30,31)32/h2-16H,17H2,1H3,(H,33,34)(H,35,36)/b14-12+. The van der Waals surface area contributed by atoms with Gasteiger partial charge in [-0.05, 0) is 47.5 Å². The molecular weight excluding hydrogens is 531 g/mol. The van der Waals surface area contributed by atoms with Crippen LogP contribution in [0.25, 0.3) is 17.2 Å². The van der Waals surface area contributed by atoms with Gasteiger partial charge in [-0.1, -0.05) is 48.5 Å². The van der Waals surface area contributed by atoms with Gasteiger partial charge >= 0.3 is 12.1 Å². The van der Waals surface area contributed by atoms with Crippen LogP contribution in [0.5, 0.6) is 11.5 Å². The number of rotatable bonds is 9. The number of hydrogen-bond donors (Lipinski definition) is 2. The minimum Gasteiger partial charge on any atom is -0.493 e. The topological polar surface area (TPSA) is 84.9 Å². The average molecular weight is 554 g/mol. The number of carbonyl (C=O) groups excluding carboxylic acids is 1. The highest BCUT2D eigenvalue weighted by molar-refractivity contribution is 7.12. The summed E-state index contributed by atoms with van der Waals surface area (Å²) < 4.78 is 52.2. The number of thiophene rings is 1. The molecule has 0 radical (unpaired) electrons. The number of benzene rings is 3. The van der Waals surface area contributed by atoms with Crippen LogP contribution in [0.2, 0.25) is 0 Å². The molecule has 1 aromatic heterocycles. The zero-order chi connectivity index (χ0) is 28.0. The van der Waals surface area contributed by atoms with Gasteiger partial charge in [0.05, 0.1) is 18.4 Å². The van der Waals surface area contributed by atoms with Crippen LogP contribution in [-0.4, -0.2) is 24.1 Å². The summed E-state index contributed by atoms with van der Waals surface area (Å²) in [6.07, 6.45) is -1.75. The highest BCUT2D eigenvalue weighted by Gasteiger charge is 2.36. The zero-order valence-corrected chi connectivity index (χ0v) is 21.3. The van der Waals surface area contributed by atoms with Crippen molar-refractivity contribution in [3.63, 3.8) is 0 Å². The number of methoxy groups -OCH3 is 1. The largest absolute Gasteiger partial charge is 0.493 e. The van der Waals surface area contributed by atoms with E-state index in [4.69, 9.17) is 9.47 Å². The van der Waals surface area contributed by atoms with E-state index in [9.17, 15) is 27.9 Å². The predicted molar refractivity (Wildman–Crippen MR) is 143 cm³/mol. The molecule has 10 heteroatoms. The average Bonchev–Trinajstić information content (AvgIpc) is 3.37. The van der Waals surface area contributed by atoms with E-state index in [1.807, 2.05) is 0 Å². The van der Waals surface area contributed by atoms with Gasteiger partial charge in [0.25, 0.3) is 0 Å². The van der Waals surface area contributed by atoms with E-state index in [1.54, 1.807) is 60.7 Å². The van der Waals surface area contributed by atoms with Crippen molar-refractivity contribution in [2.45, 2.75) is 12.8 Å². The van der Waals surface area contributed by atoms with Crippen LogP contribution < -0.4 is 14.8 Å². The van der Waals surface area contributed by atoms with Gasteiger partial charge in [-0.2, -0.15) is 13.2 Å². The first-order chi connectivity index (χ1) is 18.7. The predicted octanol–water partition coefficient (Wildman–Crippen LogP) is 7.37. The number of alkyl halides is 3. The lowest BCUT2D eigenvalue weighted by Crippen LogP contribution is -2.11. The van der Waals surface area contributed by atoms with Gasteiger partial charge in [-0.15, -0.1) is 11.3 Å². The Hall–Kier alpha value is -4.57. The second kappa shape index (κ2) is 11.9. The van der Waals surface area contributed by atoms with Crippen LogP contribution in [0.3, 0.4) is 0 Å². The lowest BCUT2D eigenvalue weighted by molar-refractivity contribution is -0.133. The molecule has 2 N–H and O–H groups in total. The third-order valence-corrected chi connectivity index (χ3v) is 6.68. The van der Waals surface area contributed by atoms with Gasteiger partial charge in [-0.25, -0.2) is 4.79 Å². The summed E-state index contributed by atoms with van der Waals surface area (Å²) in [5.74, 6) is -1.05. The van der Waals surface area contributed by atoms with Crippen molar-refractivity contribution in [2.24, 2.45) is 0 Å². The Morgan fingerprint density at radius 1 is 0.974 bits per heavy atom. The van der Waals surface area contributed by atoms with Gasteiger partial charge in [-0.3, -0.25) is 4.79 Å². The van der Waals surface area contributed by atoms with Crippen LogP contribution in [-0.2, 0) is 17.6 Å². The lowest BCUT2D eigenvalue weighted by Gasteiger charge is -2.11. The SMILES string of the molecule is COc1cc(/C=C/C(=O)Nc2ccccc2C(=O)O)ccc1OCc1cc(-c2ccccc2)c(C(F)(F)F)s1. The minimum absolute atomic E-state index is 0.0357. The normalized spacial score (nSPS) is 11.4. The zero-order valence-electron chi connectivity index (χ0n) is 20.5. The number of halogens is 3. The molecule has 0 saturated heterocycles. The number of carbonyl (C=O) groups is 2. The molecule has 3 aromatic carbocycles. The summed E-state index contributed by atoms with van der Waals surface area (Å²) in [6.45, 7) is -0.0997. The molecular formula is C29H22F3NO5S. The monoisotopic (exact) mass is 553 g/mol. The highest BCUT2D eigenvalue weighted by Crippen LogP contribution is 2.43. The third-order valence-electron chi connectivity index (χ3n) is 5.53. The number of nitrogens with one attached hydrogen (secondary N) is 1. The van der Waals surface area contributed by atoms with Crippen molar-refractivity contribution in [2.75, 3.05) is 12.4 Å². The van der Waals surface area contributed by atoms with Gasteiger partial charge in [0.1, 0.15) is 11.5 Å². The molecule has 0 aliphatic heterocycles. The molecule has 1 heterocycles. The van der Waals surface area contributed by atoms with Crippen molar-refractivity contribution in [1.82, 2.24) is 0 Å². The Morgan fingerprint density at radius 3 is 2.38 bits per heavy atom. The Labute approximate surface area is 225 Å². The fourth-order valence-corrected chi connectivity index (χ4v) is 4.70. The van der Waals surface area contributed by atoms with Crippen LogP contribution in [0.1, 0.15) is 25.7 Å². The molecule has 39 heavy (non-hydrogen) atoms. The van der Waals surface area contributed by atoms with E-state index in [2.05, 4.69) is 5.32 Å². The summed E-state index contributed by atoms with van der Waals surface area (Å²) >= 11 is 0.629. The first-order valence-corrected chi connectivity index (χ1v) is 12.3. The maximum Gasteiger partial charge on any atom is 0.426 e. The first-order valence-electron chi connectivity index (χ1n) is 11.5. The van der Waals surface area contributed by atoms with E-state index >= 15 is 0 Å². The molecule has 0 aliphatic carbocycles. The molecule has 0 atom stereocenters. The van der Waals surface area contributed by atoms with Gasteiger partial charge in [0.2, 0.25) is 5.91 Å². The number of carboxylic acid groups (broad SMARTS) is 1. The number of carboxylic acids is 1. The van der Waals surface area contributed by atoms with Crippen LogP contribution in [0.4, 0.5) is 18.9 Å². The van der Waals surface area contributed by atoms with E-state index in [0.717, 1.165) is 0 Å². The quantitative estimate of drug-likeness (QED) is 0.211. The molecule has 0 spiro atoms. The maximum absolute atomic E-state index is 13.7. The van der Waals surface area contributed by atoms with Gasteiger partial charge in [0, 0.05) is 16.5 Å². The van der Waals surface area contributed by atoms with Crippen molar-refractivity contribution in [1.29, 1.82) is 0 Å². The molecule has 4 rings (SSSR count). The van der Waals surface area contributed by atoms with Crippen molar-refractivity contribution in [3.8, 4) is 22.6 Å². The molecule has 0 bridgehead atoms. The van der Waals surface area contributed by atoms with E-state index in [-0.39, 0.29) is 23.4 Å². The fraction of sp³-hybridized carbons (Fsp3) is 0.103. The summed E-state index contributed by atoms with van der Waals surface area (Å²) in [5, 5.41) is 11.8.